The van der Waals surface area contributed by atoms with Crippen LogP contribution in [-0.2, 0) is 6.61 Å². The Morgan fingerprint density at radius 3 is 2.92 bits per heavy atom. The van der Waals surface area contributed by atoms with Crippen LogP contribution in [0.1, 0.15) is 22.7 Å². The fourth-order valence-corrected chi connectivity index (χ4v) is 3.40. The molecule has 0 unspecified atom stereocenters. The number of fused-ring (bicyclic) bond motifs is 1. The van der Waals surface area contributed by atoms with E-state index in [0.29, 0.717) is 11.6 Å². The average molecular weight is 344 g/mol. The summed E-state index contributed by atoms with van der Waals surface area (Å²) in [7, 11) is 0. The summed E-state index contributed by atoms with van der Waals surface area (Å²) >= 11 is 0. The number of piperidine rings is 1. The van der Waals surface area contributed by atoms with Gasteiger partial charge in [-0.15, -0.1) is 0 Å². The van der Waals surface area contributed by atoms with Gasteiger partial charge in [0.05, 0.1) is 18.0 Å². The first-order chi connectivity index (χ1) is 12.3. The van der Waals surface area contributed by atoms with E-state index in [1.807, 2.05) is 24.3 Å². The molecule has 1 fully saturated rings. The minimum atomic E-state index is -0.0217. The lowest BCUT2D eigenvalue weighted by atomic mass is 9.97. The number of aromatic nitrogens is 4. The molecule has 3 aromatic rings. The molecule has 0 bridgehead atoms. The Bertz CT molecular complexity index is 883. The largest absolute Gasteiger partial charge is 0.392 e. The second-order valence-electron chi connectivity index (χ2n) is 6.52. The fourth-order valence-electron chi connectivity index (χ4n) is 3.40. The third-order valence-corrected chi connectivity index (χ3v) is 4.91. The van der Waals surface area contributed by atoms with Crippen molar-refractivity contribution in [2.75, 3.05) is 24.5 Å². The predicted octanol–water partition coefficient (Wildman–Crippen LogP) is 2.43. The molecule has 7 nitrogen and oxygen atoms in total. The normalized spacial score (nSPS) is 15.8. The van der Waals surface area contributed by atoms with Gasteiger partial charge in [0, 0.05) is 29.0 Å². The Hall–Kier alpha value is -2.51. The summed E-state index contributed by atoms with van der Waals surface area (Å²) in [5.74, 6) is 1.49. The minimum absolute atomic E-state index is 0. The Labute approximate surface area is 150 Å². The van der Waals surface area contributed by atoms with Crippen LogP contribution in [0.15, 0.2) is 30.5 Å². The highest BCUT2D eigenvalue weighted by Gasteiger charge is 2.20. The highest BCUT2D eigenvalue weighted by molar-refractivity contribution is 5.89. The molecule has 1 saturated heterocycles. The van der Waals surface area contributed by atoms with Crippen LogP contribution >= 0.6 is 0 Å². The molecule has 4 rings (SSSR count). The van der Waals surface area contributed by atoms with Gasteiger partial charge < -0.3 is 15.7 Å². The molecule has 0 spiro atoms. The number of aliphatic hydroxyl groups is 1. The van der Waals surface area contributed by atoms with Crippen LogP contribution in [0.2, 0.25) is 0 Å². The van der Waals surface area contributed by atoms with Crippen molar-refractivity contribution in [3.63, 3.8) is 0 Å². The lowest BCUT2D eigenvalue weighted by Crippen LogP contribution is -2.36. The molecule has 25 heavy (non-hydrogen) atoms. The Kier molecular flexibility index (Phi) is 4.33. The molecular weight excluding hydrogens is 316 g/mol. The van der Waals surface area contributed by atoms with E-state index in [0.717, 1.165) is 60.6 Å². The average Bonchev–Trinajstić information content (AvgIpc) is 3.12. The molecule has 1 aliphatic rings. The molecule has 0 aromatic carbocycles. The number of H-pyrrole nitrogens is 1. The molecule has 3 aromatic heterocycles. The van der Waals surface area contributed by atoms with Crippen molar-refractivity contribution >= 4 is 16.9 Å². The van der Waals surface area contributed by atoms with Gasteiger partial charge in [0.25, 0.3) is 0 Å². The SMILES string of the molecule is NCC1CCN(c2cc(CO)cc(-c3[nH]nc4ncccc34)n2)CC1.[HH].[HH].[HH]. The highest BCUT2D eigenvalue weighted by atomic mass is 16.3. The number of nitrogens with zero attached hydrogens (tertiary/aromatic N) is 4. The van der Waals surface area contributed by atoms with Gasteiger partial charge in [-0.2, -0.15) is 5.10 Å². The number of aromatic amines is 1. The summed E-state index contributed by atoms with van der Waals surface area (Å²) < 4.78 is 0. The van der Waals surface area contributed by atoms with Crippen molar-refractivity contribution < 1.29 is 9.39 Å². The lowest BCUT2D eigenvalue weighted by Gasteiger charge is -2.32. The van der Waals surface area contributed by atoms with Gasteiger partial charge in [-0.05, 0) is 55.1 Å². The molecule has 0 amide bonds. The zero-order chi connectivity index (χ0) is 17.2. The Balaban J connectivity index is 0.00000131. The Morgan fingerprint density at radius 1 is 1.32 bits per heavy atom. The predicted molar refractivity (Wildman–Crippen MR) is 103 cm³/mol. The van der Waals surface area contributed by atoms with Gasteiger partial charge in [-0.3, -0.25) is 5.10 Å². The fraction of sp³-hybridized carbons (Fsp3) is 0.389. The summed E-state index contributed by atoms with van der Waals surface area (Å²) in [5.41, 5.74) is 8.90. The molecule has 1 aliphatic heterocycles. The van der Waals surface area contributed by atoms with Crippen molar-refractivity contribution in [3.8, 4) is 11.4 Å². The van der Waals surface area contributed by atoms with Gasteiger partial charge in [0.15, 0.2) is 5.65 Å². The van der Waals surface area contributed by atoms with Crippen LogP contribution in [0.25, 0.3) is 22.4 Å². The molecule has 4 heterocycles. The zero-order valence-corrected chi connectivity index (χ0v) is 14.0. The van der Waals surface area contributed by atoms with Gasteiger partial charge in [0.1, 0.15) is 5.82 Å². The van der Waals surface area contributed by atoms with Crippen LogP contribution in [0.5, 0.6) is 0 Å². The quantitative estimate of drug-likeness (QED) is 0.671. The number of nitrogens with one attached hydrogen (secondary N) is 1. The van der Waals surface area contributed by atoms with Crippen LogP contribution in [0, 0.1) is 5.92 Å². The minimum Gasteiger partial charge on any atom is -0.392 e. The van der Waals surface area contributed by atoms with E-state index in [4.69, 9.17) is 10.7 Å². The Morgan fingerprint density at radius 2 is 2.16 bits per heavy atom. The molecule has 4 N–H and O–H groups in total. The first-order valence-corrected chi connectivity index (χ1v) is 8.65. The van der Waals surface area contributed by atoms with Crippen LogP contribution in [0.3, 0.4) is 0 Å². The summed E-state index contributed by atoms with van der Waals surface area (Å²) in [4.78, 5) is 11.4. The van der Waals surface area contributed by atoms with Crippen molar-refractivity contribution in [3.05, 3.63) is 36.0 Å². The summed E-state index contributed by atoms with van der Waals surface area (Å²) in [5, 5.41) is 17.9. The maximum absolute atomic E-state index is 9.67. The summed E-state index contributed by atoms with van der Waals surface area (Å²) in [6, 6.07) is 7.72. The maximum atomic E-state index is 9.67. The van der Waals surface area contributed by atoms with E-state index in [1.54, 1.807) is 6.20 Å². The van der Waals surface area contributed by atoms with Crippen molar-refractivity contribution in [1.82, 2.24) is 20.2 Å². The number of nitrogens with two attached hydrogens (primary N) is 1. The van der Waals surface area contributed by atoms with Crippen molar-refractivity contribution in [2.45, 2.75) is 19.4 Å². The summed E-state index contributed by atoms with van der Waals surface area (Å²) in [6.07, 6.45) is 3.87. The molecule has 0 saturated carbocycles. The molecule has 136 valence electrons. The van der Waals surface area contributed by atoms with Crippen LogP contribution < -0.4 is 10.6 Å². The van der Waals surface area contributed by atoms with Crippen LogP contribution in [-0.4, -0.2) is 44.9 Å². The second kappa shape index (κ2) is 6.78. The molecule has 7 heteroatoms. The number of anilines is 1. The van der Waals surface area contributed by atoms with Gasteiger partial charge in [-0.25, -0.2) is 9.97 Å². The third-order valence-electron chi connectivity index (χ3n) is 4.91. The number of hydrogen-bond acceptors (Lipinski definition) is 6. The van der Waals surface area contributed by atoms with E-state index in [-0.39, 0.29) is 10.9 Å². The summed E-state index contributed by atoms with van der Waals surface area (Å²) in [6.45, 7) is 2.60. The molecular formula is C18H28N6O. The number of rotatable bonds is 4. The van der Waals surface area contributed by atoms with Gasteiger partial charge in [-0.1, -0.05) is 0 Å². The molecule has 0 atom stereocenters. The smallest absolute Gasteiger partial charge is 0.181 e. The van der Waals surface area contributed by atoms with E-state index >= 15 is 0 Å². The van der Waals surface area contributed by atoms with Crippen molar-refractivity contribution in [2.24, 2.45) is 11.7 Å². The van der Waals surface area contributed by atoms with E-state index in [1.165, 1.54) is 0 Å². The molecule has 0 radical (unpaired) electrons. The van der Waals surface area contributed by atoms with E-state index < -0.39 is 0 Å². The number of hydrogen-bond donors (Lipinski definition) is 3. The number of aliphatic hydroxyl groups excluding tert-OH is 1. The van der Waals surface area contributed by atoms with Crippen LogP contribution in [0.4, 0.5) is 5.82 Å². The van der Waals surface area contributed by atoms with Gasteiger partial charge >= 0.3 is 0 Å². The standard InChI is InChI=1S/C18H22N6O.3H2/c19-10-12-3-6-24(7-4-12)16-9-13(11-25)8-15(21-16)17-14-2-1-5-20-18(14)23-22-17;;;/h1-2,5,8-9,12,25H,3-4,6-7,10-11,19H2,(H,20,22,23);3*1H. The number of pyridine rings is 2. The zero-order valence-electron chi connectivity index (χ0n) is 14.0. The lowest BCUT2D eigenvalue weighted by molar-refractivity contribution is 0.281. The van der Waals surface area contributed by atoms with E-state index in [9.17, 15) is 5.11 Å². The van der Waals surface area contributed by atoms with Crippen molar-refractivity contribution in [1.29, 1.82) is 0 Å². The highest BCUT2D eigenvalue weighted by Crippen LogP contribution is 2.28. The second-order valence-corrected chi connectivity index (χ2v) is 6.52. The van der Waals surface area contributed by atoms with Gasteiger partial charge in [0.2, 0.25) is 0 Å². The molecule has 0 aliphatic carbocycles. The van der Waals surface area contributed by atoms with E-state index in [2.05, 4.69) is 20.1 Å². The monoisotopic (exact) mass is 344 g/mol. The maximum Gasteiger partial charge on any atom is 0.181 e. The first-order valence-electron chi connectivity index (χ1n) is 8.65. The topological polar surface area (TPSA) is 104 Å². The first kappa shape index (κ1) is 16.0. The third kappa shape index (κ3) is 3.08.